The molecule has 0 radical (unpaired) electrons. The van der Waals surface area contributed by atoms with E-state index < -0.39 is 75.0 Å². The van der Waals surface area contributed by atoms with Crippen molar-refractivity contribution in [1.82, 2.24) is 0 Å². The molecule has 0 fully saturated rings. The summed E-state index contributed by atoms with van der Waals surface area (Å²) < 4.78 is 10.7. The molecule has 0 saturated heterocycles. The Balaban J connectivity index is 1.75. The van der Waals surface area contributed by atoms with Gasteiger partial charge < -0.3 is 29.9 Å². The Morgan fingerprint density at radius 3 is 1.52 bits per heavy atom. The molecule has 0 aliphatic carbocycles. The summed E-state index contributed by atoms with van der Waals surface area (Å²) in [5.74, 6) is -9.70. The summed E-state index contributed by atoms with van der Waals surface area (Å²) in [5, 5.41) is 37.6. The molecule has 0 atom stereocenters. The Labute approximate surface area is 258 Å². The van der Waals surface area contributed by atoms with Gasteiger partial charge in [0, 0.05) is 17.2 Å². The first-order valence-electron chi connectivity index (χ1n) is 12.9. The Bertz CT molecular complexity index is 1960. The fraction of sp³-hybridized carbons (Fsp3) is 0. The van der Waals surface area contributed by atoms with Gasteiger partial charge in [-0.15, -0.1) is 0 Å². The van der Waals surface area contributed by atoms with Gasteiger partial charge in [0.1, 0.15) is 11.5 Å². The van der Waals surface area contributed by atoms with Crippen molar-refractivity contribution in [3.63, 3.8) is 0 Å². The summed E-state index contributed by atoms with van der Waals surface area (Å²) in [6.07, 6.45) is 2.41. The Kier molecular flexibility index (Phi) is 9.47. The lowest BCUT2D eigenvalue weighted by atomic mass is 10.0. The number of aromatic carboxylic acids is 4. The second-order valence-electron chi connectivity index (χ2n) is 9.28. The number of carboxylic acids is 4. The number of carbonyl (C=O) groups excluding carboxylic acids is 3. The maximum atomic E-state index is 13.2. The van der Waals surface area contributed by atoms with E-state index in [9.17, 15) is 54.0 Å². The van der Waals surface area contributed by atoms with Crippen LogP contribution in [0.3, 0.4) is 0 Å². The van der Waals surface area contributed by atoms with Gasteiger partial charge in [0.2, 0.25) is 0 Å². The molecule has 0 aromatic heterocycles. The van der Waals surface area contributed by atoms with E-state index >= 15 is 0 Å². The van der Waals surface area contributed by atoms with Gasteiger partial charge in [-0.3, -0.25) is 4.79 Å². The minimum Gasteiger partial charge on any atom is -0.478 e. The maximum Gasteiger partial charge on any atom is 0.344 e. The first-order valence-corrected chi connectivity index (χ1v) is 12.9. The van der Waals surface area contributed by atoms with Crippen LogP contribution in [-0.2, 0) is 0 Å². The average Bonchev–Trinajstić information content (AvgIpc) is 3.03. The van der Waals surface area contributed by atoms with Gasteiger partial charge in [-0.05, 0) is 60.7 Å². The van der Waals surface area contributed by atoms with Gasteiger partial charge in [-0.2, -0.15) is 0 Å². The summed E-state index contributed by atoms with van der Waals surface area (Å²) >= 11 is 0. The number of ether oxygens (including phenoxy) is 2. The molecule has 0 aliphatic heterocycles. The van der Waals surface area contributed by atoms with Crippen LogP contribution >= 0.6 is 0 Å². The van der Waals surface area contributed by atoms with Crippen molar-refractivity contribution in [3.05, 3.63) is 136 Å². The number of esters is 2. The second-order valence-corrected chi connectivity index (χ2v) is 9.28. The van der Waals surface area contributed by atoms with Crippen LogP contribution in [0, 0.1) is 0 Å². The third-order valence-corrected chi connectivity index (χ3v) is 6.30. The van der Waals surface area contributed by atoms with Crippen molar-refractivity contribution < 1.29 is 63.5 Å². The third kappa shape index (κ3) is 7.36. The van der Waals surface area contributed by atoms with E-state index in [0.29, 0.717) is 5.56 Å². The first-order chi connectivity index (χ1) is 21.8. The zero-order chi connectivity index (χ0) is 33.5. The van der Waals surface area contributed by atoms with Gasteiger partial charge in [0.15, 0.2) is 5.78 Å². The van der Waals surface area contributed by atoms with Crippen molar-refractivity contribution in [2.75, 3.05) is 0 Å². The van der Waals surface area contributed by atoms with Gasteiger partial charge in [-0.25, -0.2) is 28.8 Å². The summed E-state index contributed by atoms with van der Waals surface area (Å²) in [6.45, 7) is 0. The summed E-state index contributed by atoms with van der Waals surface area (Å²) in [4.78, 5) is 85.1. The zero-order valence-corrected chi connectivity index (χ0v) is 23.2. The predicted molar refractivity (Wildman–Crippen MR) is 157 cm³/mol. The van der Waals surface area contributed by atoms with E-state index in [1.807, 2.05) is 0 Å². The lowest BCUT2D eigenvalue weighted by molar-refractivity contribution is 0.0659. The summed E-state index contributed by atoms with van der Waals surface area (Å²) in [5.41, 5.74) is -2.77. The minimum absolute atomic E-state index is 0.0581. The van der Waals surface area contributed by atoms with Gasteiger partial charge >= 0.3 is 35.8 Å². The van der Waals surface area contributed by atoms with Crippen molar-refractivity contribution in [3.8, 4) is 11.5 Å². The van der Waals surface area contributed by atoms with E-state index in [-0.39, 0.29) is 17.1 Å². The molecule has 13 heteroatoms. The van der Waals surface area contributed by atoms with Crippen LogP contribution in [0.2, 0.25) is 0 Å². The third-order valence-electron chi connectivity index (χ3n) is 6.30. The standard InChI is InChI=1S/C33H20O13/c34-26(17-4-2-1-3-5-17)13-9-18-6-10-21(45-32(43)24-14-19(28(35)36)7-11-22(24)30(39)40)16-27(18)46-33(44)25-15-20(29(37)38)8-12-23(25)31(41)42/h1-16H,(H,35,36)(H,37,38)(H,39,40)(H,41,42). The molecule has 4 rings (SSSR count). The highest BCUT2D eigenvalue weighted by atomic mass is 16.5. The number of carboxylic acid groups (broad SMARTS) is 4. The number of ketones is 1. The summed E-state index contributed by atoms with van der Waals surface area (Å²) in [7, 11) is 0. The van der Waals surface area contributed by atoms with Crippen LogP contribution in [0.25, 0.3) is 6.08 Å². The molecule has 4 aromatic carbocycles. The molecule has 0 unspecified atom stereocenters. The highest BCUT2D eigenvalue weighted by Crippen LogP contribution is 2.29. The number of benzene rings is 4. The molecule has 0 saturated carbocycles. The largest absolute Gasteiger partial charge is 0.478 e. The highest BCUT2D eigenvalue weighted by molar-refractivity contribution is 6.08. The molecule has 46 heavy (non-hydrogen) atoms. The average molecular weight is 625 g/mol. The monoisotopic (exact) mass is 624 g/mol. The van der Waals surface area contributed by atoms with Crippen molar-refractivity contribution in [2.24, 2.45) is 0 Å². The molecular weight excluding hydrogens is 604 g/mol. The first kappa shape index (κ1) is 32.0. The molecule has 13 nitrogen and oxygen atoms in total. The number of rotatable bonds is 11. The van der Waals surface area contributed by atoms with Gasteiger partial charge in [0.25, 0.3) is 0 Å². The van der Waals surface area contributed by atoms with Crippen LogP contribution in [0.4, 0.5) is 0 Å². The van der Waals surface area contributed by atoms with Crippen LogP contribution in [-0.4, -0.2) is 62.0 Å². The molecular formula is C33H20O13. The molecule has 0 bridgehead atoms. The molecule has 4 N–H and O–H groups in total. The fourth-order valence-electron chi connectivity index (χ4n) is 4.05. The lowest BCUT2D eigenvalue weighted by Gasteiger charge is -2.13. The van der Waals surface area contributed by atoms with Crippen LogP contribution in [0.5, 0.6) is 11.5 Å². The molecule has 0 amide bonds. The van der Waals surface area contributed by atoms with E-state index in [0.717, 1.165) is 48.5 Å². The Morgan fingerprint density at radius 1 is 0.500 bits per heavy atom. The Morgan fingerprint density at radius 2 is 1.02 bits per heavy atom. The molecule has 4 aromatic rings. The number of hydrogen-bond acceptors (Lipinski definition) is 9. The van der Waals surface area contributed by atoms with E-state index in [1.54, 1.807) is 30.3 Å². The van der Waals surface area contributed by atoms with E-state index in [2.05, 4.69) is 0 Å². The molecule has 0 aliphatic rings. The fourth-order valence-corrected chi connectivity index (χ4v) is 4.05. The van der Waals surface area contributed by atoms with Crippen LogP contribution in [0.15, 0.2) is 91.0 Å². The maximum absolute atomic E-state index is 13.2. The quantitative estimate of drug-likeness (QED) is 0.0762. The second kappa shape index (κ2) is 13.6. The normalized spacial score (nSPS) is 10.6. The molecule has 0 spiro atoms. The Hall–Kier alpha value is -6.89. The van der Waals surface area contributed by atoms with Crippen molar-refractivity contribution in [2.45, 2.75) is 0 Å². The van der Waals surface area contributed by atoms with Gasteiger partial charge in [0.05, 0.1) is 33.4 Å². The summed E-state index contributed by atoms with van der Waals surface area (Å²) in [6, 6.07) is 17.0. The van der Waals surface area contributed by atoms with Crippen molar-refractivity contribution >= 4 is 47.7 Å². The number of carbonyl (C=O) groups is 7. The predicted octanol–water partition coefficient (Wildman–Crippen LogP) is 4.81. The van der Waals surface area contributed by atoms with Gasteiger partial charge in [-0.1, -0.05) is 30.3 Å². The zero-order valence-electron chi connectivity index (χ0n) is 23.2. The van der Waals surface area contributed by atoms with Crippen LogP contribution < -0.4 is 9.47 Å². The number of allylic oxidation sites excluding steroid dienone is 1. The van der Waals surface area contributed by atoms with Crippen LogP contribution in [0.1, 0.15) is 78.1 Å². The SMILES string of the molecule is O=C(O)c1ccc(C(=O)O)c(C(=O)Oc2ccc(C=CC(=O)c3ccccc3)c(OC(=O)c3cc(C(=O)O)ccc3C(=O)O)c2)c1. The van der Waals surface area contributed by atoms with E-state index in [1.165, 1.54) is 18.2 Å². The number of hydrogen-bond donors (Lipinski definition) is 4. The highest BCUT2D eigenvalue weighted by Gasteiger charge is 2.24. The minimum atomic E-state index is -1.56. The molecule has 0 heterocycles. The lowest BCUT2D eigenvalue weighted by Crippen LogP contribution is -2.17. The van der Waals surface area contributed by atoms with Crippen molar-refractivity contribution in [1.29, 1.82) is 0 Å². The molecule has 230 valence electrons. The van der Waals surface area contributed by atoms with E-state index in [4.69, 9.17) is 9.47 Å². The topological polar surface area (TPSA) is 219 Å². The smallest absolute Gasteiger partial charge is 0.344 e.